The third-order valence-corrected chi connectivity index (χ3v) is 3.66. The molecule has 0 saturated heterocycles. The number of hydrogen-bond donors (Lipinski definition) is 1. The molecule has 0 saturated carbocycles. The van der Waals surface area contributed by atoms with E-state index in [1.165, 1.54) is 5.56 Å². The monoisotopic (exact) mass is 319 g/mol. The maximum absolute atomic E-state index is 6.38. The first-order valence-corrected chi connectivity index (χ1v) is 7.80. The molecule has 0 spiro atoms. The molecule has 0 bridgehead atoms. The van der Waals surface area contributed by atoms with E-state index >= 15 is 0 Å². The minimum Gasteiger partial charge on any atom is -0.490 e. The molecule has 1 N–H and O–H groups in total. The lowest BCUT2D eigenvalue weighted by molar-refractivity contribution is 0.269. The molecule has 0 aliphatic carbocycles. The van der Waals surface area contributed by atoms with Crippen LogP contribution in [0.25, 0.3) is 0 Å². The molecule has 0 aliphatic heterocycles. The van der Waals surface area contributed by atoms with Crippen LogP contribution in [0.2, 0.25) is 5.02 Å². The Hall–Kier alpha value is -1.71. The molecule has 0 atom stereocenters. The summed E-state index contributed by atoms with van der Waals surface area (Å²) in [6, 6.07) is 12.0. The molecule has 0 radical (unpaired) electrons. The Balaban J connectivity index is 2.23. The Morgan fingerprint density at radius 1 is 1.14 bits per heavy atom. The van der Waals surface area contributed by atoms with Crippen molar-refractivity contribution in [2.24, 2.45) is 0 Å². The highest BCUT2D eigenvalue weighted by molar-refractivity contribution is 6.32. The smallest absolute Gasteiger partial charge is 0.180 e. The topological polar surface area (TPSA) is 30.5 Å². The van der Waals surface area contributed by atoms with Gasteiger partial charge in [-0.25, -0.2) is 0 Å². The first-order chi connectivity index (χ1) is 10.7. The van der Waals surface area contributed by atoms with Gasteiger partial charge in [0.15, 0.2) is 11.5 Å². The van der Waals surface area contributed by atoms with Crippen LogP contribution in [-0.2, 0) is 13.2 Å². The highest BCUT2D eigenvalue weighted by atomic mass is 35.5. The Labute approximate surface area is 137 Å². The largest absolute Gasteiger partial charge is 0.490 e. The number of rotatable bonds is 7. The van der Waals surface area contributed by atoms with Crippen molar-refractivity contribution in [1.29, 1.82) is 0 Å². The normalized spacial score (nSPS) is 10.5. The molecular weight excluding hydrogens is 298 g/mol. The summed E-state index contributed by atoms with van der Waals surface area (Å²) in [5.41, 5.74) is 3.41. The summed E-state index contributed by atoms with van der Waals surface area (Å²) >= 11 is 6.38. The number of ether oxygens (including phenoxy) is 2. The third-order valence-electron chi connectivity index (χ3n) is 3.38. The summed E-state index contributed by atoms with van der Waals surface area (Å²) in [5.74, 6) is 1.29. The zero-order chi connectivity index (χ0) is 15.9. The molecule has 4 heteroatoms. The van der Waals surface area contributed by atoms with Crippen molar-refractivity contribution < 1.29 is 9.47 Å². The lowest BCUT2D eigenvalue weighted by atomic mass is 10.1. The molecule has 0 heterocycles. The van der Waals surface area contributed by atoms with Crippen LogP contribution >= 0.6 is 11.6 Å². The van der Waals surface area contributed by atoms with Crippen molar-refractivity contribution in [2.45, 2.75) is 27.0 Å². The summed E-state index contributed by atoms with van der Waals surface area (Å²) in [4.78, 5) is 0. The highest BCUT2D eigenvalue weighted by Gasteiger charge is 2.13. The fourth-order valence-corrected chi connectivity index (χ4v) is 2.54. The van der Waals surface area contributed by atoms with E-state index in [4.69, 9.17) is 21.1 Å². The molecule has 2 rings (SSSR count). The number of hydrogen-bond acceptors (Lipinski definition) is 3. The Bertz CT molecular complexity index is 628. The van der Waals surface area contributed by atoms with Crippen molar-refractivity contribution in [1.82, 2.24) is 5.32 Å². The maximum Gasteiger partial charge on any atom is 0.180 e. The average Bonchev–Trinajstić information content (AvgIpc) is 2.49. The zero-order valence-corrected chi connectivity index (χ0v) is 14.0. The van der Waals surface area contributed by atoms with Crippen LogP contribution in [0.5, 0.6) is 11.5 Å². The predicted octanol–water partition coefficient (Wildman–Crippen LogP) is 4.35. The number of benzene rings is 2. The van der Waals surface area contributed by atoms with Gasteiger partial charge in [0.25, 0.3) is 0 Å². The molecule has 0 aliphatic rings. The molecule has 2 aromatic rings. The second kappa shape index (κ2) is 8.06. The molecule has 0 fully saturated rings. The van der Waals surface area contributed by atoms with Crippen LogP contribution in [0.3, 0.4) is 0 Å². The van der Waals surface area contributed by atoms with Gasteiger partial charge in [0.2, 0.25) is 0 Å². The van der Waals surface area contributed by atoms with Gasteiger partial charge >= 0.3 is 0 Å². The van der Waals surface area contributed by atoms with Crippen LogP contribution in [0.4, 0.5) is 0 Å². The minimum atomic E-state index is 0.470. The maximum atomic E-state index is 6.38. The molecule has 2 aromatic carbocycles. The zero-order valence-electron chi connectivity index (χ0n) is 13.3. The van der Waals surface area contributed by atoms with Crippen LogP contribution in [-0.4, -0.2) is 13.7 Å². The van der Waals surface area contributed by atoms with E-state index in [9.17, 15) is 0 Å². The fraction of sp³-hybridized carbons (Fsp3) is 0.333. The SMILES string of the molecule is CCOc1cc(CNC)cc(Cl)c1OCc1ccccc1C. The van der Waals surface area contributed by atoms with Crippen molar-refractivity contribution in [3.05, 3.63) is 58.1 Å². The second-order valence-electron chi connectivity index (χ2n) is 5.08. The summed E-state index contributed by atoms with van der Waals surface area (Å²) in [5, 5.41) is 3.68. The van der Waals surface area contributed by atoms with E-state index in [2.05, 4.69) is 24.4 Å². The Kier molecular flexibility index (Phi) is 6.10. The Morgan fingerprint density at radius 2 is 1.91 bits per heavy atom. The van der Waals surface area contributed by atoms with Crippen LogP contribution < -0.4 is 14.8 Å². The summed E-state index contributed by atoms with van der Waals surface area (Å²) in [7, 11) is 1.90. The van der Waals surface area contributed by atoms with Gasteiger partial charge in [0.05, 0.1) is 11.6 Å². The Morgan fingerprint density at radius 3 is 2.59 bits per heavy atom. The molecule has 0 aromatic heterocycles. The van der Waals surface area contributed by atoms with E-state index in [1.54, 1.807) is 0 Å². The van der Waals surface area contributed by atoms with Gasteiger partial charge in [-0.1, -0.05) is 35.9 Å². The van der Waals surface area contributed by atoms with Crippen molar-refractivity contribution in [3.63, 3.8) is 0 Å². The van der Waals surface area contributed by atoms with Gasteiger partial charge in [-0.05, 0) is 49.7 Å². The van der Waals surface area contributed by atoms with E-state index in [0.717, 1.165) is 17.7 Å². The third kappa shape index (κ3) is 4.15. The van der Waals surface area contributed by atoms with Gasteiger partial charge in [-0.15, -0.1) is 0 Å². The molecule has 0 amide bonds. The molecule has 118 valence electrons. The van der Waals surface area contributed by atoms with Crippen LogP contribution in [0.15, 0.2) is 36.4 Å². The first kappa shape index (κ1) is 16.7. The quantitative estimate of drug-likeness (QED) is 0.823. The van der Waals surface area contributed by atoms with Crippen LogP contribution in [0, 0.1) is 6.92 Å². The van der Waals surface area contributed by atoms with E-state index < -0.39 is 0 Å². The van der Waals surface area contributed by atoms with E-state index in [1.807, 2.05) is 38.2 Å². The highest BCUT2D eigenvalue weighted by Crippen LogP contribution is 2.37. The average molecular weight is 320 g/mol. The lowest BCUT2D eigenvalue weighted by Gasteiger charge is -2.16. The summed E-state index contributed by atoms with van der Waals surface area (Å²) in [6.07, 6.45) is 0. The molecular formula is C18H22ClNO2. The van der Waals surface area contributed by atoms with Gasteiger partial charge in [-0.2, -0.15) is 0 Å². The fourth-order valence-electron chi connectivity index (χ4n) is 2.25. The lowest BCUT2D eigenvalue weighted by Crippen LogP contribution is -2.07. The molecule has 0 unspecified atom stereocenters. The van der Waals surface area contributed by atoms with Crippen molar-refractivity contribution in [2.75, 3.05) is 13.7 Å². The van der Waals surface area contributed by atoms with Crippen molar-refractivity contribution in [3.8, 4) is 11.5 Å². The predicted molar refractivity (Wildman–Crippen MR) is 90.9 cm³/mol. The van der Waals surface area contributed by atoms with Gasteiger partial charge in [-0.3, -0.25) is 0 Å². The molecule has 22 heavy (non-hydrogen) atoms. The van der Waals surface area contributed by atoms with Gasteiger partial charge < -0.3 is 14.8 Å². The van der Waals surface area contributed by atoms with Gasteiger partial charge in [0.1, 0.15) is 6.61 Å². The summed E-state index contributed by atoms with van der Waals surface area (Å²) < 4.78 is 11.6. The number of halogens is 1. The number of nitrogens with one attached hydrogen (secondary N) is 1. The minimum absolute atomic E-state index is 0.470. The summed E-state index contributed by atoms with van der Waals surface area (Å²) in [6.45, 7) is 5.79. The second-order valence-corrected chi connectivity index (χ2v) is 5.49. The van der Waals surface area contributed by atoms with Gasteiger partial charge in [0, 0.05) is 6.54 Å². The van der Waals surface area contributed by atoms with Crippen molar-refractivity contribution >= 4 is 11.6 Å². The van der Waals surface area contributed by atoms with E-state index in [-0.39, 0.29) is 0 Å². The number of aryl methyl sites for hydroxylation is 1. The first-order valence-electron chi connectivity index (χ1n) is 7.42. The van der Waals surface area contributed by atoms with E-state index in [0.29, 0.717) is 29.7 Å². The van der Waals surface area contributed by atoms with Crippen LogP contribution in [0.1, 0.15) is 23.6 Å². The molecule has 3 nitrogen and oxygen atoms in total. The standard InChI is InChI=1S/C18H22ClNO2/c1-4-21-17-10-14(11-20-3)9-16(19)18(17)22-12-15-8-6-5-7-13(15)2/h5-10,20H,4,11-12H2,1-3H3.